The molecule has 0 unspecified atom stereocenters. The minimum Gasteiger partial charge on any atom is -0.476 e. The molecule has 0 aliphatic carbocycles. The molecular formula is C22H20F3N3O6. The molecule has 34 heavy (non-hydrogen) atoms. The molecule has 1 amide bonds. The van der Waals surface area contributed by atoms with E-state index in [1.54, 1.807) is 20.8 Å². The Morgan fingerprint density at radius 2 is 1.82 bits per heavy atom. The average Bonchev–Trinajstić information content (AvgIpc) is 3.16. The quantitative estimate of drug-likeness (QED) is 0.489. The summed E-state index contributed by atoms with van der Waals surface area (Å²) in [6, 6.07) is 3.44. The van der Waals surface area contributed by atoms with Crippen molar-refractivity contribution in [2.75, 3.05) is 0 Å². The van der Waals surface area contributed by atoms with Gasteiger partial charge in [-0.25, -0.2) is 19.6 Å². The number of alkyl carbamates (subject to hydrolysis) is 1. The minimum atomic E-state index is -4.74. The largest absolute Gasteiger partial charge is 0.476 e. The smallest absolute Gasteiger partial charge is 0.433 e. The van der Waals surface area contributed by atoms with E-state index in [-0.39, 0.29) is 33.7 Å². The summed E-state index contributed by atoms with van der Waals surface area (Å²) in [4.78, 5) is 42.7. The van der Waals surface area contributed by atoms with Crippen molar-refractivity contribution in [2.24, 2.45) is 0 Å². The van der Waals surface area contributed by atoms with E-state index in [4.69, 9.17) is 9.15 Å². The molecule has 9 nitrogen and oxygen atoms in total. The summed E-state index contributed by atoms with van der Waals surface area (Å²) < 4.78 is 50.2. The third kappa shape index (κ3) is 5.16. The first kappa shape index (κ1) is 24.7. The number of benzene rings is 1. The van der Waals surface area contributed by atoms with Crippen LogP contribution in [-0.4, -0.2) is 39.0 Å². The Balaban J connectivity index is 2.10. The lowest BCUT2D eigenvalue weighted by Gasteiger charge is -2.21. The van der Waals surface area contributed by atoms with E-state index >= 15 is 0 Å². The highest BCUT2D eigenvalue weighted by molar-refractivity contribution is 6.02. The fourth-order valence-corrected chi connectivity index (χ4v) is 3.12. The molecule has 0 aliphatic rings. The normalized spacial score (nSPS) is 12.9. The van der Waals surface area contributed by atoms with Crippen LogP contribution < -0.4 is 5.32 Å². The lowest BCUT2D eigenvalue weighted by atomic mass is 10.0. The second-order valence-electron chi connectivity index (χ2n) is 8.32. The van der Waals surface area contributed by atoms with Gasteiger partial charge >= 0.3 is 18.2 Å². The molecule has 2 aromatic heterocycles. The summed E-state index contributed by atoms with van der Waals surface area (Å²) in [5.74, 6) is -1.90. The molecule has 0 saturated carbocycles. The van der Waals surface area contributed by atoms with Gasteiger partial charge in [0.25, 0.3) is 0 Å². The van der Waals surface area contributed by atoms with E-state index in [1.165, 1.54) is 19.1 Å². The van der Waals surface area contributed by atoms with Crippen molar-refractivity contribution in [1.29, 1.82) is 0 Å². The van der Waals surface area contributed by atoms with Crippen LogP contribution in [-0.2, 0) is 10.9 Å². The summed E-state index contributed by atoms with van der Waals surface area (Å²) in [5, 5.41) is 12.1. The number of ether oxygens (including phenoxy) is 1. The Hall–Kier alpha value is -3.96. The molecule has 2 N–H and O–H groups in total. The number of carboxylic acid groups (broad SMARTS) is 1. The highest BCUT2D eigenvalue weighted by Crippen LogP contribution is 2.35. The number of hydrogen-bond donors (Lipinski definition) is 2. The molecule has 2 heterocycles. The molecule has 3 aromatic rings. The number of aromatic carboxylic acids is 1. The molecule has 0 radical (unpaired) electrons. The van der Waals surface area contributed by atoms with E-state index in [1.807, 2.05) is 0 Å². The number of alkyl halides is 3. The van der Waals surface area contributed by atoms with Crippen molar-refractivity contribution in [2.45, 2.75) is 45.5 Å². The summed E-state index contributed by atoms with van der Waals surface area (Å²) in [6.45, 7) is 6.40. The Kier molecular flexibility index (Phi) is 6.36. The zero-order valence-electron chi connectivity index (χ0n) is 18.5. The first-order chi connectivity index (χ1) is 15.7. The predicted octanol–water partition coefficient (Wildman–Crippen LogP) is 5.01. The summed E-state index contributed by atoms with van der Waals surface area (Å²) in [7, 11) is 0. The Morgan fingerprint density at radius 1 is 1.15 bits per heavy atom. The molecule has 1 aromatic carbocycles. The number of halogens is 3. The van der Waals surface area contributed by atoms with E-state index in [2.05, 4.69) is 15.3 Å². The Bertz CT molecular complexity index is 1280. The van der Waals surface area contributed by atoms with Crippen molar-refractivity contribution < 1.29 is 41.8 Å². The lowest BCUT2D eigenvalue weighted by molar-refractivity contribution is -0.140. The first-order valence-electron chi connectivity index (χ1n) is 9.91. The average molecular weight is 479 g/mol. The maximum atomic E-state index is 13.1. The highest BCUT2D eigenvalue weighted by atomic mass is 19.4. The zero-order valence-corrected chi connectivity index (χ0v) is 18.5. The maximum Gasteiger partial charge on any atom is 0.433 e. The fraction of sp³-hybridized carbons (Fsp3) is 0.318. The van der Waals surface area contributed by atoms with Gasteiger partial charge in [-0.15, -0.1) is 0 Å². The third-order valence-corrected chi connectivity index (χ3v) is 4.52. The van der Waals surface area contributed by atoms with Crippen molar-refractivity contribution in [3.05, 3.63) is 47.0 Å². The number of amides is 1. The van der Waals surface area contributed by atoms with E-state index in [0.29, 0.717) is 6.29 Å². The number of aldehydes is 1. The first-order valence-corrected chi connectivity index (χ1v) is 9.91. The lowest BCUT2D eigenvalue weighted by Crippen LogP contribution is -2.34. The number of rotatable bonds is 5. The van der Waals surface area contributed by atoms with Gasteiger partial charge in [0.2, 0.25) is 5.89 Å². The van der Waals surface area contributed by atoms with E-state index in [0.717, 1.165) is 12.1 Å². The van der Waals surface area contributed by atoms with E-state index < -0.39 is 41.3 Å². The molecule has 0 spiro atoms. The van der Waals surface area contributed by atoms with Crippen LogP contribution >= 0.6 is 0 Å². The van der Waals surface area contributed by atoms with Crippen LogP contribution in [0.25, 0.3) is 22.4 Å². The molecular weight excluding hydrogens is 459 g/mol. The van der Waals surface area contributed by atoms with Crippen LogP contribution in [0.1, 0.15) is 66.0 Å². The number of fused-ring (bicyclic) bond motifs is 1. The number of hydrogen-bond acceptors (Lipinski definition) is 7. The number of nitrogens with zero attached hydrogens (tertiary/aromatic N) is 2. The number of carboxylic acids is 1. The van der Waals surface area contributed by atoms with Crippen LogP contribution in [0.5, 0.6) is 0 Å². The van der Waals surface area contributed by atoms with Gasteiger partial charge in [-0.3, -0.25) is 4.79 Å². The number of carbonyl (C=O) groups is 3. The molecule has 0 saturated heterocycles. The van der Waals surface area contributed by atoms with Gasteiger partial charge in [0, 0.05) is 16.5 Å². The SMILES string of the molecule is C[C@H](NC(=O)OC(C)(C)C)c1oc(-c2ccc(C=O)c3nc(C(F)(F)F)ccc23)nc1C(=O)O. The van der Waals surface area contributed by atoms with Crippen LogP contribution in [0.2, 0.25) is 0 Å². The van der Waals surface area contributed by atoms with Gasteiger partial charge in [0.05, 0.1) is 11.6 Å². The molecule has 0 aliphatic heterocycles. The summed E-state index contributed by atoms with van der Waals surface area (Å²) in [5.41, 5.74) is -2.75. The van der Waals surface area contributed by atoms with Crippen molar-refractivity contribution in [3.63, 3.8) is 0 Å². The van der Waals surface area contributed by atoms with Crippen LogP contribution in [0.15, 0.2) is 28.7 Å². The Labute approximate surface area is 190 Å². The predicted molar refractivity (Wildman–Crippen MR) is 112 cm³/mol. The van der Waals surface area contributed by atoms with Gasteiger partial charge < -0.3 is 19.6 Å². The molecule has 0 fully saturated rings. The third-order valence-electron chi connectivity index (χ3n) is 4.52. The monoisotopic (exact) mass is 479 g/mol. The number of carbonyl (C=O) groups excluding carboxylic acids is 2. The molecule has 1 atom stereocenters. The zero-order chi connectivity index (χ0) is 25.4. The number of aromatic nitrogens is 2. The molecule has 0 bridgehead atoms. The minimum absolute atomic E-state index is 0.0927. The second-order valence-corrected chi connectivity index (χ2v) is 8.32. The molecule has 3 rings (SSSR count). The molecule has 12 heteroatoms. The Morgan fingerprint density at radius 3 is 2.38 bits per heavy atom. The summed E-state index contributed by atoms with van der Waals surface area (Å²) >= 11 is 0. The topological polar surface area (TPSA) is 132 Å². The molecule has 180 valence electrons. The fourth-order valence-electron chi connectivity index (χ4n) is 3.12. The van der Waals surface area contributed by atoms with Crippen molar-refractivity contribution in [3.8, 4) is 11.5 Å². The van der Waals surface area contributed by atoms with Crippen LogP contribution in [0, 0.1) is 0 Å². The van der Waals surface area contributed by atoms with Gasteiger partial charge in [0.15, 0.2) is 17.7 Å². The van der Waals surface area contributed by atoms with Gasteiger partial charge in [-0.05, 0) is 52.0 Å². The van der Waals surface area contributed by atoms with Gasteiger partial charge in [0.1, 0.15) is 11.3 Å². The second kappa shape index (κ2) is 8.76. The number of pyridine rings is 1. The number of oxazole rings is 1. The maximum absolute atomic E-state index is 13.1. The van der Waals surface area contributed by atoms with E-state index in [9.17, 15) is 32.7 Å². The van der Waals surface area contributed by atoms with Crippen LogP contribution in [0.3, 0.4) is 0 Å². The van der Waals surface area contributed by atoms with Gasteiger partial charge in [-0.2, -0.15) is 13.2 Å². The van der Waals surface area contributed by atoms with Crippen molar-refractivity contribution in [1.82, 2.24) is 15.3 Å². The van der Waals surface area contributed by atoms with Crippen LogP contribution in [0.4, 0.5) is 18.0 Å². The summed E-state index contributed by atoms with van der Waals surface area (Å²) in [6.07, 6.45) is -5.20. The standard InChI is InChI=1S/C22H20F3N3O6/c1-10(26-20(32)34-21(2,3)4)17-16(19(30)31)28-18(33-17)13-6-5-11(9-29)15-12(13)7-8-14(27-15)22(23,24)25/h5-10H,1-4H3,(H,26,32)(H,30,31)/t10-/m0/s1. The number of nitrogens with one attached hydrogen (secondary N) is 1. The van der Waals surface area contributed by atoms with Gasteiger partial charge in [-0.1, -0.05) is 0 Å². The van der Waals surface area contributed by atoms with Crippen molar-refractivity contribution >= 4 is 29.3 Å². The highest BCUT2D eigenvalue weighted by Gasteiger charge is 2.33.